The van der Waals surface area contributed by atoms with Crippen LogP contribution < -0.4 is 34.3 Å². The molecule has 5 amide bonds. The lowest BCUT2D eigenvalue weighted by Gasteiger charge is -2.34. The van der Waals surface area contributed by atoms with Crippen molar-refractivity contribution >= 4 is 48.0 Å². The number of nitrogens with one attached hydrogen (secondary N) is 2. The van der Waals surface area contributed by atoms with Crippen LogP contribution in [0.5, 0.6) is 57.5 Å². The third-order valence-electron chi connectivity index (χ3n) is 20.1. The minimum Gasteiger partial charge on any atom is -0.508 e. The number of amides is 5. The molecule has 8 atom stereocenters. The number of thioether (sulfide) groups is 1. The summed E-state index contributed by atoms with van der Waals surface area (Å²) in [6, 6.07) is 25.9. The average Bonchev–Trinajstić information content (AvgIpc) is 1.29. The Morgan fingerprint density at radius 3 is 1.50 bits per heavy atom. The van der Waals surface area contributed by atoms with E-state index in [4.69, 9.17) is 37.9 Å². The first-order chi connectivity index (χ1) is 51.3. The van der Waals surface area contributed by atoms with E-state index >= 15 is 0 Å². The van der Waals surface area contributed by atoms with E-state index in [2.05, 4.69) is 10.6 Å². The van der Waals surface area contributed by atoms with Crippen LogP contribution in [0.3, 0.4) is 0 Å². The second-order valence-electron chi connectivity index (χ2n) is 28.1. The van der Waals surface area contributed by atoms with Crippen LogP contribution in [-0.2, 0) is 28.6 Å². The quantitative estimate of drug-likeness (QED) is 0.0299. The van der Waals surface area contributed by atoms with Crippen LogP contribution in [0.1, 0.15) is 145 Å². The van der Waals surface area contributed by atoms with Crippen LogP contribution in [0.25, 0.3) is 0 Å². The van der Waals surface area contributed by atoms with Crippen molar-refractivity contribution in [1.29, 1.82) is 0 Å². The summed E-state index contributed by atoms with van der Waals surface area (Å²) < 4.78 is 44.8. The number of hydrogen-bond acceptors (Lipinski definition) is 20. The van der Waals surface area contributed by atoms with Gasteiger partial charge < -0.3 is 88.8 Å². The number of aldehydes is 1. The number of carbonyl (C=O) groups excluding carboxylic acids is 6. The van der Waals surface area contributed by atoms with E-state index in [1.165, 1.54) is 6.07 Å². The zero-order chi connectivity index (χ0) is 78.1. The number of benzene rings is 5. The van der Waals surface area contributed by atoms with Crippen molar-refractivity contribution in [2.45, 2.75) is 164 Å². The predicted molar refractivity (Wildman–Crippen MR) is 412 cm³/mol. The van der Waals surface area contributed by atoms with Crippen LogP contribution in [0.4, 0.5) is 9.59 Å². The van der Waals surface area contributed by atoms with Gasteiger partial charge in [-0.1, -0.05) is 56.0 Å². The number of carbonyl (C=O) groups is 6. The summed E-state index contributed by atoms with van der Waals surface area (Å²) in [6.07, 6.45) is 10.7. The fourth-order valence-corrected chi connectivity index (χ4v) is 14.4. The lowest BCUT2D eigenvalue weighted by Crippen LogP contribution is -2.49. The van der Waals surface area contributed by atoms with Crippen molar-refractivity contribution in [1.82, 2.24) is 25.3 Å². The summed E-state index contributed by atoms with van der Waals surface area (Å²) in [5.41, 5.74) is 3.05. The Kier molecular flexibility index (Phi) is 36.6. The van der Waals surface area contributed by atoms with Gasteiger partial charge in [0.1, 0.15) is 70.7 Å². The van der Waals surface area contributed by atoms with Gasteiger partial charge in [0.05, 0.1) is 56.8 Å². The van der Waals surface area contributed by atoms with E-state index in [0.29, 0.717) is 124 Å². The van der Waals surface area contributed by atoms with Gasteiger partial charge in [0, 0.05) is 116 Å². The number of phenols is 5. The largest absolute Gasteiger partial charge is 0.508 e. The number of rotatable bonds is 23. The molecule has 25 heteroatoms. The van der Waals surface area contributed by atoms with Crippen LogP contribution in [-0.4, -0.2) is 199 Å². The van der Waals surface area contributed by atoms with Gasteiger partial charge >= 0.3 is 12.2 Å². The molecule has 5 aromatic rings. The first-order valence-corrected chi connectivity index (χ1v) is 38.9. The number of phenolic OH excluding ortho intramolecular Hbond substituents is 5. The molecule has 0 aromatic heterocycles. The monoisotopic (exact) mass is 1510 g/mol. The van der Waals surface area contributed by atoms with Gasteiger partial charge in [-0.25, -0.2) is 9.59 Å². The van der Waals surface area contributed by atoms with E-state index in [-0.39, 0.29) is 124 Å². The first kappa shape index (κ1) is 86.9. The summed E-state index contributed by atoms with van der Waals surface area (Å²) >= 11 is 1.81. The van der Waals surface area contributed by atoms with Gasteiger partial charge in [0.15, 0.2) is 6.29 Å². The topological polar surface area (TPSA) is 311 Å². The minimum absolute atomic E-state index is 0.0215. The Labute approximate surface area is 636 Å². The molecule has 8 unspecified atom stereocenters. The van der Waals surface area contributed by atoms with Crippen molar-refractivity contribution in [2.24, 2.45) is 35.5 Å². The molecule has 3 aliphatic heterocycles. The van der Waals surface area contributed by atoms with E-state index < -0.39 is 0 Å². The number of likely N-dealkylation sites (tertiary alicyclic amines) is 1. The zero-order valence-corrected chi connectivity index (χ0v) is 65.5. The highest BCUT2D eigenvalue weighted by Gasteiger charge is 2.37. The maximum Gasteiger partial charge on any atom is 0.410 e. The molecule has 7 N–H and O–H groups in total. The van der Waals surface area contributed by atoms with Crippen molar-refractivity contribution in [2.75, 3.05) is 98.1 Å². The molecule has 590 valence electrons. The molecule has 3 heterocycles. The normalized spacial score (nSPS) is 20.2. The van der Waals surface area contributed by atoms with E-state index in [9.17, 15) is 54.3 Å². The van der Waals surface area contributed by atoms with E-state index in [0.717, 1.165) is 87.7 Å². The molecule has 10 rings (SSSR count). The lowest BCUT2D eigenvalue weighted by molar-refractivity contribution is -0.139. The Morgan fingerprint density at radius 1 is 0.551 bits per heavy atom. The third kappa shape index (κ3) is 26.4. The molecular formula is C82H117N5O19S. The minimum atomic E-state index is -0.281. The summed E-state index contributed by atoms with van der Waals surface area (Å²) in [4.78, 5) is 77.0. The van der Waals surface area contributed by atoms with Crippen molar-refractivity contribution in [3.63, 3.8) is 0 Å². The Bertz CT molecular complexity index is 3620. The molecule has 2 aliphatic carbocycles. The van der Waals surface area contributed by atoms with Crippen LogP contribution in [0.2, 0.25) is 0 Å². The van der Waals surface area contributed by atoms with Gasteiger partial charge in [-0.2, -0.15) is 11.8 Å². The van der Waals surface area contributed by atoms with Crippen LogP contribution in [0, 0.1) is 63.2 Å². The van der Waals surface area contributed by atoms with Gasteiger partial charge in [0.25, 0.3) is 0 Å². The maximum atomic E-state index is 12.7. The van der Waals surface area contributed by atoms with E-state index in [1.807, 2.05) is 98.5 Å². The zero-order valence-electron chi connectivity index (χ0n) is 64.7. The summed E-state index contributed by atoms with van der Waals surface area (Å²) in [7, 11) is 3.54. The van der Waals surface area contributed by atoms with Gasteiger partial charge in [0.2, 0.25) is 17.7 Å². The molecule has 0 spiro atoms. The third-order valence-corrected chi connectivity index (χ3v) is 21.2. The Morgan fingerprint density at radius 2 is 1.00 bits per heavy atom. The van der Waals surface area contributed by atoms with Crippen molar-refractivity contribution < 1.29 is 92.2 Å². The molecule has 0 radical (unpaired) electrons. The number of aromatic hydroxyl groups is 5. The fraction of sp³-hybridized carbons (Fsp3) is 0.561. The number of nitrogens with zero attached hydrogens (tertiary/aromatic N) is 3. The molecule has 5 aliphatic rings. The van der Waals surface area contributed by atoms with Gasteiger partial charge in [-0.15, -0.1) is 0 Å². The van der Waals surface area contributed by atoms with Crippen LogP contribution >= 0.6 is 11.8 Å². The highest BCUT2D eigenvalue weighted by molar-refractivity contribution is 7.99. The summed E-state index contributed by atoms with van der Waals surface area (Å²) in [5, 5.41) is 54.0. The molecule has 5 aromatic carbocycles. The highest BCUT2D eigenvalue weighted by atomic mass is 32.2. The van der Waals surface area contributed by atoms with E-state index in [1.54, 1.807) is 96.2 Å². The number of hydrogen-bond donors (Lipinski definition) is 7. The summed E-state index contributed by atoms with van der Waals surface area (Å²) in [6.45, 7) is 24.4. The smallest absolute Gasteiger partial charge is 0.410 e. The fourth-order valence-electron chi connectivity index (χ4n) is 13.3. The second kappa shape index (κ2) is 45.0. The van der Waals surface area contributed by atoms with Gasteiger partial charge in [-0.05, 0) is 175 Å². The van der Waals surface area contributed by atoms with Gasteiger partial charge in [-0.3, -0.25) is 19.2 Å². The molecule has 24 nitrogen and oxygen atoms in total. The van der Waals surface area contributed by atoms with Crippen LogP contribution in [0.15, 0.2) is 91.0 Å². The SMILES string of the molecule is CCNC(=O)C1CCOCC1COc1cccc(O)c1C.CCOC(=O)N1CCCC1COc1cccc(O)c1C.CNC(=O)C1CCCCC1COc1cccc(O)c1C=O.Cc1c(O)cccc1OCC1CCCCC1C(=O)N(C)C(C)C.Cc1c(O)cccc1OCC1CSCCN1C(=O)OC(C)C. The van der Waals surface area contributed by atoms with Crippen molar-refractivity contribution in [3.8, 4) is 57.5 Å². The maximum absolute atomic E-state index is 12.7. The predicted octanol–water partition coefficient (Wildman–Crippen LogP) is 13.5. The number of ether oxygens (including phenoxy) is 8. The second-order valence-corrected chi connectivity index (χ2v) is 29.2. The average molecular weight is 1510 g/mol. The molecule has 5 fully saturated rings. The molecule has 3 saturated heterocycles. The lowest BCUT2D eigenvalue weighted by atomic mass is 9.78. The first-order valence-electron chi connectivity index (χ1n) is 37.7. The molecular weight excluding hydrogens is 1390 g/mol. The Hall–Kier alpha value is -8.97. The standard InChI is InChI=1S/C19H29NO3.C16H23NO4S.C16H21NO4.C16H23NO4.C15H21NO4/c1-13(2)20(4)19(22)16-9-6-5-8-15(16)12-23-18-11-7-10-17(21)14(18)3;1-11(2)21-16(19)17-7-8-22-10-13(17)9-20-15-6-4-5-14(18)12(15)3;1-17-16(20)12-6-3-2-5-11(12)10-21-15-8-4-7-14(19)13(15)9-18;1-3-17-16(19)13-7-8-20-9-12(13)10-21-15-6-4-5-14(18)11(15)2;1-3-19-15(18)16-9-5-6-12(16)10-20-14-8-4-7-13(17)11(14)2/h7,10-11,13,15-16,21H,5-6,8-9,12H2,1-4H3;4-6,11,13,18H,7-10H2,1-3H3;4,7-9,11-12,19H,2-3,5-6,10H2,1H3,(H,17,20);4-6,12-13,18H,3,7-10H2,1-2H3,(H,17,19);4,7-8,12,17H,3,5-6,9-10H2,1-2H3. The summed E-state index contributed by atoms with van der Waals surface area (Å²) in [5.74, 6) is 6.28. The van der Waals surface area contributed by atoms with Crippen molar-refractivity contribution in [3.05, 3.63) is 119 Å². The molecule has 2 saturated carbocycles. The Balaban J connectivity index is 0.000000209. The molecule has 107 heavy (non-hydrogen) atoms. The highest BCUT2D eigenvalue weighted by Crippen LogP contribution is 2.37. The molecule has 0 bridgehead atoms.